The summed E-state index contributed by atoms with van der Waals surface area (Å²) in [6.07, 6.45) is -4.63. The molecule has 0 N–H and O–H groups in total. The molecule has 11 heteroatoms. The first-order valence-electron chi connectivity index (χ1n) is 7.81. The predicted molar refractivity (Wildman–Crippen MR) is 95.4 cm³/mol. The molecule has 1 aliphatic rings. The lowest BCUT2D eigenvalue weighted by atomic mass is 10.2. The first-order valence-corrected chi connectivity index (χ1v) is 10.4. The number of piperazine rings is 1. The molecule has 2 aromatic rings. The highest BCUT2D eigenvalue weighted by molar-refractivity contribution is 7.89. The third-order valence-electron chi connectivity index (χ3n) is 4.11. The Morgan fingerprint density at radius 1 is 1.07 bits per heavy atom. The topological polar surface area (TPSA) is 57.7 Å². The van der Waals surface area contributed by atoms with E-state index in [4.69, 9.17) is 11.6 Å². The Kier molecular flexibility index (Phi) is 5.53. The number of halogens is 4. The van der Waals surface area contributed by atoms with E-state index in [0.29, 0.717) is 15.3 Å². The Bertz CT molecular complexity index is 952. The molecule has 3 rings (SSSR count). The van der Waals surface area contributed by atoms with Gasteiger partial charge in [0.05, 0.1) is 19.7 Å². The van der Waals surface area contributed by atoms with Gasteiger partial charge in [-0.05, 0) is 30.3 Å². The predicted octanol–water partition coefficient (Wildman–Crippen LogP) is 3.57. The Morgan fingerprint density at radius 2 is 1.74 bits per heavy atom. The fourth-order valence-electron chi connectivity index (χ4n) is 2.70. The number of hydrogen-bond acceptors (Lipinski definition) is 4. The number of benzene rings is 1. The van der Waals surface area contributed by atoms with Gasteiger partial charge in [0, 0.05) is 26.2 Å². The summed E-state index contributed by atoms with van der Waals surface area (Å²) in [5, 5.41) is 0. The van der Waals surface area contributed by atoms with E-state index >= 15 is 0 Å². The van der Waals surface area contributed by atoms with Crippen LogP contribution in [-0.4, -0.2) is 49.7 Å². The van der Waals surface area contributed by atoms with Gasteiger partial charge < -0.3 is 4.90 Å². The fourth-order valence-corrected chi connectivity index (χ4v) is 5.18. The summed E-state index contributed by atoms with van der Waals surface area (Å²) in [5.74, 6) is -0.247. The maximum absolute atomic E-state index is 12.8. The van der Waals surface area contributed by atoms with Crippen molar-refractivity contribution in [2.24, 2.45) is 0 Å². The number of carbonyl (C=O) groups is 1. The molecule has 0 spiro atoms. The second-order valence-corrected chi connectivity index (χ2v) is 9.48. The number of sulfonamides is 1. The number of thiophene rings is 1. The van der Waals surface area contributed by atoms with Crippen LogP contribution < -0.4 is 0 Å². The van der Waals surface area contributed by atoms with Gasteiger partial charge in [0.1, 0.15) is 0 Å². The molecule has 27 heavy (non-hydrogen) atoms. The van der Waals surface area contributed by atoms with Gasteiger partial charge in [-0.1, -0.05) is 17.7 Å². The average molecular weight is 439 g/mol. The van der Waals surface area contributed by atoms with Crippen LogP contribution in [0.3, 0.4) is 0 Å². The van der Waals surface area contributed by atoms with Crippen molar-refractivity contribution in [2.45, 2.75) is 11.1 Å². The third kappa shape index (κ3) is 4.29. The molecule has 5 nitrogen and oxygen atoms in total. The minimum absolute atomic E-state index is 0.00340. The number of carbonyl (C=O) groups excluding carboxylic acids is 1. The van der Waals surface area contributed by atoms with Crippen molar-refractivity contribution >= 4 is 38.9 Å². The quantitative estimate of drug-likeness (QED) is 0.736. The van der Waals surface area contributed by atoms with Crippen molar-refractivity contribution in [1.29, 1.82) is 0 Å². The van der Waals surface area contributed by atoms with Crippen molar-refractivity contribution in [2.75, 3.05) is 26.2 Å². The zero-order chi connectivity index (χ0) is 19.8. The smallest absolute Gasteiger partial charge is 0.335 e. The van der Waals surface area contributed by atoms with E-state index < -0.39 is 26.7 Å². The summed E-state index contributed by atoms with van der Waals surface area (Å²) < 4.78 is 65.4. The SMILES string of the molecule is O=C(c1ccc(Cl)s1)N1CCN(S(=O)(=O)c2cccc(C(F)(F)F)c2)CC1. The third-order valence-corrected chi connectivity index (χ3v) is 7.22. The van der Waals surface area contributed by atoms with E-state index in [9.17, 15) is 26.4 Å². The van der Waals surface area contributed by atoms with Gasteiger partial charge in [-0.2, -0.15) is 17.5 Å². The number of hydrogen-bond donors (Lipinski definition) is 0. The lowest BCUT2D eigenvalue weighted by molar-refractivity contribution is -0.137. The molecule has 0 radical (unpaired) electrons. The second kappa shape index (κ2) is 7.42. The minimum Gasteiger partial charge on any atom is -0.335 e. The molecule has 1 aromatic heterocycles. The van der Waals surface area contributed by atoms with E-state index in [2.05, 4.69) is 0 Å². The average Bonchev–Trinajstić information content (AvgIpc) is 3.07. The summed E-state index contributed by atoms with van der Waals surface area (Å²) in [6, 6.07) is 6.85. The molecule has 0 aliphatic carbocycles. The van der Waals surface area contributed by atoms with Crippen molar-refractivity contribution in [1.82, 2.24) is 9.21 Å². The van der Waals surface area contributed by atoms with Gasteiger partial charge in [0.2, 0.25) is 10.0 Å². The number of nitrogens with zero attached hydrogens (tertiary/aromatic N) is 2. The lowest BCUT2D eigenvalue weighted by Gasteiger charge is -2.33. The Labute approximate surface area is 163 Å². The first-order chi connectivity index (χ1) is 12.6. The zero-order valence-electron chi connectivity index (χ0n) is 13.7. The van der Waals surface area contributed by atoms with Crippen LogP contribution in [0.25, 0.3) is 0 Å². The van der Waals surface area contributed by atoms with E-state index in [-0.39, 0.29) is 32.1 Å². The highest BCUT2D eigenvalue weighted by atomic mass is 35.5. The largest absolute Gasteiger partial charge is 0.416 e. The molecule has 146 valence electrons. The van der Waals surface area contributed by atoms with Crippen LogP contribution in [0.2, 0.25) is 4.34 Å². The number of rotatable bonds is 3. The van der Waals surface area contributed by atoms with Crippen molar-refractivity contribution in [3.05, 3.63) is 51.2 Å². The van der Waals surface area contributed by atoms with Crippen LogP contribution in [-0.2, 0) is 16.2 Å². The minimum atomic E-state index is -4.63. The summed E-state index contributed by atoms with van der Waals surface area (Å²) in [6.45, 7) is 0.298. The van der Waals surface area contributed by atoms with E-state index in [0.717, 1.165) is 33.8 Å². The Balaban J connectivity index is 1.72. The van der Waals surface area contributed by atoms with Crippen LogP contribution in [0.1, 0.15) is 15.2 Å². The summed E-state index contributed by atoms with van der Waals surface area (Å²) >= 11 is 6.95. The van der Waals surface area contributed by atoms with Gasteiger partial charge in [-0.3, -0.25) is 4.79 Å². The van der Waals surface area contributed by atoms with Crippen LogP contribution in [0, 0.1) is 0 Å². The van der Waals surface area contributed by atoms with Gasteiger partial charge in [-0.25, -0.2) is 8.42 Å². The monoisotopic (exact) mass is 438 g/mol. The van der Waals surface area contributed by atoms with Crippen LogP contribution >= 0.6 is 22.9 Å². The molecular formula is C16H14ClF3N2O3S2. The van der Waals surface area contributed by atoms with Crippen LogP contribution in [0.15, 0.2) is 41.3 Å². The van der Waals surface area contributed by atoms with E-state index in [1.807, 2.05) is 0 Å². The highest BCUT2D eigenvalue weighted by Gasteiger charge is 2.34. The molecule has 1 amide bonds. The van der Waals surface area contributed by atoms with Gasteiger partial charge in [0.25, 0.3) is 5.91 Å². The summed E-state index contributed by atoms with van der Waals surface area (Å²) in [7, 11) is -4.08. The van der Waals surface area contributed by atoms with Gasteiger partial charge in [0.15, 0.2) is 0 Å². The second-order valence-electron chi connectivity index (χ2n) is 5.83. The maximum Gasteiger partial charge on any atom is 0.416 e. The fraction of sp³-hybridized carbons (Fsp3) is 0.312. The molecule has 0 saturated carbocycles. The van der Waals surface area contributed by atoms with Crippen molar-refractivity contribution in [3.63, 3.8) is 0 Å². The van der Waals surface area contributed by atoms with Crippen LogP contribution in [0.5, 0.6) is 0 Å². The van der Waals surface area contributed by atoms with Crippen molar-refractivity contribution < 1.29 is 26.4 Å². The molecule has 1 fully saturated rings. The molecular weight excluding hydrogens is 425 g/mol. The Hall–Kier alpha value is -1.62. The molecule has 1 aromatic carbocycles. The van der Waals surface area contributed by atoms with Crippen molar-refractivity contribution in [3.8, 4) is 0 Å². The first kappa shape index (κ1) is 20.1. The molecule has 0 atom stereocenters. The maximum atomic E-state index is 12.8. The van der Waals surface area contributed by atoms with E-state index in [1.54, 1.807) is 12.1 Å². The molecule has 2 heterocycles. The van der Waals surface area contributed by atoms with E-state index in [1.165, 1.54) is 4.90 Å². The number of amides is 1. The molecule has 0 unspecified atom stereocenters. The molecule has 1 aliphatic heterocycles. The summed E-state index contributed by atoms with van der Waals surface area (Å²) in [5.41, 5.74) is -1.02. The Morgan fingerprint density at radius 3 is 2.30 bits per heavy atom. The zero-order valence-corrected chi connectivity index (χ0v) is 16.1. The normalized spacial score (nSPS) is 16.5. The number of alkyl halides is 3. The van der Waals surface area contributed by atoms with Gasteiger partial charge >= 0.3 is 6.18 Å². The van der Waals surface area contributed by atoms with Crippen LogP contribution in [0.4, 0.5) is 13.2 Å². The summed E-state index contributed by atoms with van der Waals surface area (Å²) in [4.78, 5) is 13.9. The highest BCUT2D eigenvalue weighted by Crippen LogP contribution is 2.31. The standard InChI is InChI=1S/C16H14ClF3N2O3S2/c17-14-5-4-13(26-14)15(23)21-6-8-22(9-7-21)27(24,25)12-3-1-2-11(10-12)16(18,19)20/h1-5,10H,6-9H2. The lowest BCUT2D eigenvalue weighted by Crippen LogP contribution is -2.50. The van der Waals surface area contributed by atoms with Gasteiger partial charge in [-0.15, -0.1) is 11.3 Å². The molecule has 1 saturated heterocycles. The molecule has 0 bridgehead atoms.